The highest BCUT2D eigenvalue weighted by molar-refractivity contribution is 5.71. The van der Waals surface area contributed by atoms with Crippen molar-refractivity contribution >= 4 is 5.90 Å². The first-order valence-electron chi connectivity index (χ1n) is 5.61. The monoisotopic (exact) mass is 331 g/mol. The molecule has 3 heteroatoms. The zero-order chi connectivity index (χ0) is 10.7. The van der Waals surface area contributed by atoms with E-state index >= 15 is 0 Å². The maximum atomic E-state index is 5.74. The van der Waals surface area contributed by atoms with Crippen LogP contribution in [-0.4, -0.2) is 23.1 Å². The summed E-state index contributed by atoms with van der Waals surface area (Å²) in [6, 6.07) is 10.5. The Hall–Kier alpha value is -0.580. The van der Waals surface area contributed by atoms with Crippen LogP contribution in [0.2, 0.25) is 0 Å². The second-order valence-corrected chi connectivity index (χ2v) is 4.04. The summed E-state index contributed by atoms with van der Waals surface area (Å²) in [5.74, 6) is 1.13. The molecule has 1 atom stereocenters. The summed E-state index contributed by atoms with van der Waals surface area (Å²) in [6.45, 7) is 6.25. The zero-order valence-electron chi connectivity index (χ0n) is 9.82. The molecule has 1 unspecified atom stereocenters. The normalized spacial score (nSPS) is 19.2. The molecule has 0 saturated carbocycles. The summed E-state index contributed by atoms with van der Waals surface area (Å²) >= 11 is 0. The van der Waals surface area contributed by atoms with Gasteiger partial charge in [0.15, 0.2) is 19.2 Å². The molecule has 1 aliphatic heterocycles. The predicted molar refractivity (Wildman–Crippen MR) is 61.1 cm³/mol. The van der Waals surface area contributed by atoms with Gasteiger partial charge in [-0.25, -0.2) is 0 Å². The lowest BCUT2D eigenvalue weighted by atomic mass is 10.2. The van der Waals surface area contributed by atoms with Crippen molar-refractivity contribution in [1.29, 1.82) is 0 Å². The molecule has 2 nitrogen and oxygen atoms in total. The molecule has 2 rings (SSSR count). The molecular weight excluding hydrogens is 313 g/mol. The van der Waals surface area contributed by atoms with Crippen LogP contribution in [-0.2, 0) is 11.3 Å². The van der Waals surface area contributed by atoms with Crippen LogP contribution in [0.3, 0.4) is 0 Å². The van der Waals surface area contributed by atoms with Crippen LogP contribution in [0.4, 0.5) is 0 Å². The standard InChI is InChI=1S/C13H18NO.HI/c1-3-13-14(9-11(2)15-13)10-12-7-5-4-6-8-12;/h4-8,11H,3,9-10H2,1-2H3;1H/q+1;/p-1. The molecule has 0 N–H and O–H groups in total. The third-order valence-electron chi connectivity index (χ3n) is 2.69. The molecule has 0 aliphatic carbocycles. The van der Waals surface area contributed by atoms with Crippen LogP contribution in [0.1, 0.15) is 25.8 Å². The molecule has 0 saturated heterocycles. The SMILES string of the molecule is CCC1=[N+](Cc2ccccc2)CC(C)O1.[I-]. The lowest BCUT2D eigenvalue weighted by Crippen LogP contribution is -3.00. The first-order chi connectivity index (χ1) is 7.29. The van der Waals surface area contributed by atoms with Crippen molar-refractivity contribution in [2.24, 2.45) is 0 Å². The summed E-state index contributed by atoms with van der Waals surface area (Å²) < 4.78 is 8.07. The van der Waals surface area contributed by atoms with Crippen LogP contribution >= 0.6 is 0 Å². The van der Waals surface area contributed by atoms with Gasteiger partial charge in [0, 0.05) is 5.56 Å². The highest BCUT2D eigenvalue weighted by atomic mass is 127. The van der Waals surface area contributed by atoms with Crippen LogP contribution in [0.5, 0.6) is 0 Å². The van der Waals surface area contributed by atoms with Crippen molar-refractivity contribution in [2.75, 3.05) is 6.54 Å². The highest BCUT2D eigenvalue weighted by Crippen LogP contribution is 2.10. The van der Waals surface area contributed by atoms with E-state index in [1.165, 1.54) is 5.56 Å². The van der Waals surface area contributed by atoms with Crippen molar-refractivity contribution < 1.29 is 33.3 Å². The molecule has 1 aromatic carbocycles. The van der Waals surface area contributed by atoms with E-state index in [9.17, 15) is 0 Å². The van der Waals surface area contributed by atoms with Gasteiger partial charge in [-0.3, -0.25) is 0 Å². The number of hydrogen-bond acceptors (Lipinski definition) is 1. The van der Waals surface area contributed by atoms with Gasteiger partial charge >= 0.3 is 5.90 Å². The van der Waals surface area contributed by atoms with Crippen molar-refractivity contribution in [3.8, 4) is 0 Å². The molecule has 1 heterocycles. The van der Waals surface area contributed by atoms with Crippen molar-refractivity contribution in [1.82, 2.24) is 0 Å². The van der Waals surface area contributed by atoms with Crippen molar-refractivity contribution in [3.05, 3.63) is 35.9 Å². The van der Waals surface area contributed by atoms with Gasteiger partial charge in [-0.15, -0.1) is 0 Å². The van der Waals surface area contributed by atoms with E-state index < -0.39 is 0 Å². The molecular formula is C13H18INO. The minimum Gasteiger partial charge on any atom is -1.00 e. The maximum Gasteiger partial charge on any atom is 0.336 e. The second kappa shape index (κ2) is 6.23. The number of hydrogen-bond donors (Lipinski definition) is 0. The molecule has 88 valence electrons. The minimum absolute atomic E-state index is 0. The fraction of sp³-hybridized carbons (Fsp3) is 0.462. The van der Waals surface area contributed by atoms with E-state index in [0.29, 0.717) is 6.10 Å². The fourth-order valence-electron chi connectivity index (χ4n) is 2.02. The van der Waals surface area contributed by atoms with Gasteiger partial charge in [0.25, 0.3) is 0 Å². The molecule has 0 fully saturated rings. The fourth-order valence-corrected chi connectivity index (χ4v) is 2.02. The van der Waals surface area contributed by atoms with Gasteiger partial charge in [0.2, 0.25) is 0 Å². The van der Waals surface area contributed by atoms with Gasteiger partial charge < -0.3 is 28.7 Å². The molecule has 1 aromatic rings. The number of halogens is 1. The first kappa shape index (κ1) is 13.5. The summed E-state index contributed by atoms with van der Waals surface area (Å²) in [4.78, 5) is 0. The van der Waals surface area contributed by atoms with E-state index in [2.05, 4.69) is 48.8 Å². The Kier molecular flexibility index (Phi) is 5.25. The minimum atomic E-state index is 0. The Labute approximate surface area is 114 Å². The molecule has 16 heavy (non-hydrogen) atoms. The predicted octanol–water partition coefficient (Wildman–Crippen LogP) is -0.570. The van der Waals surface area contributed by atoms with Crippen LogP contribution < -0.4 is 24.0 Å². The molecule has 0 amide bonds. The van der Waals surface area contributed by atoms with Gasteiger partial charge in [-0.1, -0.05) is 37.3 Å². The largest absolute Gasteiger partial charge is 1.00 e. The van der Waals surface area contributed by atoms with Crippen LogP contribution in [0, 0.1) is 0 Å². The van der Waals surface area contributed by atoms with Crippen LogP contribution in [0.25, 0.3) is 0 Å². The van der Waals surface area contributed by atoms with E-state index in [4.69, 9.17) is 4.74 Å². The lowest BCUT2D eigenvalue weighted by molar-refractivity contribution is -0.538. The van der Waals surface area contributed by atoms with Gasteiger partial charge in [-0.2, -0.15) is 4.58 Å². The summed E-state index contributed by atoms with van der Waals surface area (Å²) in [7, 11) is 0. The topological polar surface area (TPSA) is 12.2 Å². The summed E-state index contributed by atoms with van der Waals surface area (Å²) in [6.07, 6.45) is 1.32. The molecule has 1 aliphatic rings. The molecule has 0 spiro atoms. The smallest absolute Gasteiger partial charge is 0.336 e. The van der Waals surface area contributed by atoms with Crippen molar-refractivity contribution in [3.63, 3.8) is 0 Å². The van der Waals surface area contributed by atoms with E-state index in [1.807, 2.05) is 0 Å². The second-order valence-electron chi connectivity index (χ2n) is 4.04. The van der Waals surface area contributed by atoms with Gasteiger partial charge in [0.05, 0.1) is 6.42 Å². The average Bonchev–Trinajstić information content (AvgIpc) is 2.60. The quantitative estimate of drug-likeness (QED) is 0.534. The highest BCUT2D eigenvalue weighted by Gasteiger charge is 2.28. The third-order valence-corrected chi connectivity index (χ3v) is 2.69. The number of rotatable bonds is 3. The Balaban J connectivity index is 0.00000128. The Morgan fingerprint density at radius 1 is 1.31 bits per heavy atom. The Morgan fingerprint density at radius 3 is 2.62 bits per heavy atom. The van der Waals surface area contributed by atoms with E-state index in [0.717, 1.165) is 25.4 Å². The average molecular weight is 331 g/mol. The lowest BCUT2D eigenvalue weighted by Gasteiger charge is -1.98. The Bertz CT molecular complexity index is 361. The third kappa shape index (κ3) is 3.20. The maximum absolute atomic E-state index is 5.74. The molecule has 0 radical (unpaired) electrons. The summed E-state index contributed by atoms with van der Waals surface area (Å²) in [5, 5.41) is 0. The van der Waals surface area contributed by atoms with Gasteiger partial charge in [-0.05, 0) is 6.92 Å². The Morgan fingerprint density at radius 2 is 2.00 bits per heavy atom. The molecule has 0 aromatic heterocycles. The van der Waals surface area contributed by atoms with E-state index in [1.54, 1.807) is 0 Å². The number of nitrogens with zero attached hydrogens (tertiary/aromatic N) is 1. The van der Waals surface area contributed by atoms with Gasteiger partial charge in [0.1, 0.15) is 0 Å². The zero-order valence-corrected chi connectivity index (χ0v) is 12.0. The molecule has 0 bridgehead atoms. The van der Waals surface area contributed by atoms with Crippen molar-refractivity contribution in [2.45, 2.75) is 32.9 Å². The number of benzene rings is 1. The number of ether oxygens (including phenoxy) is 1. The van der Waals surface area contributed by atoms with Crippen LogP contribution in [0.15, 0.2) is 30.3 Å². The summed E-state index contributed by atoms with van der Waals surface area (Å²) in [5.41, 5.74) is 1.35. The first-order valence-corrected chi connectivity index (χ1v) is 5.61. The van der Waals surface area contributed by atoms with E-state index in [-0.39, 0.29) is 24.0 Å².